The second-order valence-corrected chi connectivity index (χ2v) is 4.72. The van der Waals surface area contributed by atoms with Crippen LogP contribution >= 0.6 is 0 Å². The van der Waals surface area contributed by atoms with Gasteiger partial charge in [0.25, 0.3) is 0 Å². The fourth-order valence-electron chi connectivity index (χ4n) is 2.13. The second-order valence-electron chi connectivity index (χ2n) is 4.72. The van der Waals surface area contributed by atoms with Crippen molar-refractivity contribution >= 4 is 16.8 Å². The van der Waals surface area contributed by atoms with E-state index in [1.54, 1.807) is 0 Å². The van der Waals surface area contributed by atoms with Crippen molar-refractivity contribution in [2.24, 2.45) is 0 Å². The van der Waals surface area contributed by atoms with Crippen LogP contribution in [0.3, 0.4) is 0 Å². The van der Waals surface area contributed by atoms with Gasteiger partial charge in [0.05, 0.1) is 18.7 Å². The summed E-state index contributed by atoms with van der Waals surface area (Å²) < 4.78 is 11.3. The van der Waals surface area contributed by atoms with Gasteiger partial charge in [-0.05, 0) is 36.8 Å². The van der Waals surface area contributed by atoms with E-state index < -0.39 is 0 Å². The lowest BCUT2D eigenvalue weighted by atomic mass is 10.2. The average Bonchev–Trinajstić information content (AvgIpc) is 2.83. The number of benzene rings is 2. The van der Waals surface area contributed by atoms with E-state index >= 15 is 0 Å². The van der Waals surface area contributed by atoms with E-state index in [1.165, 1.54) is 0 Å². The van der Waals surface area contributed by atoms with Gasteiger partial charge in [0.15, 0.2) is 11.5 Å². The number of nitrogens with two attached hydrogens (primary N) is 1. The van der Waals surface area contributed by atoms with E-state index in [9.17, 15) is 0 Å². The molecule has 0 unspecified atom stereocenters. The molecule has 0 aliphatic carbocycles. The fraction of sp³-hybridized carbons (Fsp3) is 0.188. The van der Waals surface area contributed by atoms with E-state index in [-0.39, 0.29) is 0 Å². The molecular formula is C16H16N2O2. The molecule has 20 heavy (non-hydrogen) atoms. The number of para-hydroxylation sites is 1. The van der Waals surface area contributed by atoms with Crippen molar-refractivity contribution in [3.05, 3.63) is 53.9 Å². The number of oxazole rings is 1. The monoisotopic (exact) mass is 268 g/mol. The molecule has 2 N–H and O–H groups in total. The Bertz CT molecular complexity index is 720. The minimum Gasteiger partial charge on any atom is -0.493 e. The maximum atomic E-state index is 5.93. The highest BCUT2D eigenvalue weighted by Crippen LogP contribution is 2.24. The molecule has 1 heterocycles. The van der Waals surface area contributed by atoms with Gasteiger partial charge >= 0.3 is 0 Å². The number of hydrogen-bond donors (Lipinski definition) is 1. The molecule has 102 valence electrons. The Balaban J connectivity index is 1.70. The molecule has 0 spiro atoms. The maximum absolute atomic E-state index is 5.93. The van der Waals surface area contributed by atoms with Crippen LogP contribution in [0.2, 0.25) is 0 Å². The third-order valence-corrected chi connectivity index (χ3v) is 3.04. The molecule has 0 aliphatic heterocycles. The van der Waals surface area contributed by atoms with Crippen LogP contribution in [0.15, 0.2) is 46.9 Å². The van der Waals surface area contributed by atoms with Crippen molar-refractivity contribution in [1.29, 1.82) is 0 Å². The van der Waals surface area contributed by atoms with Gasteiger partial charge in [-0.3, -0.25) is 0 Å². The standard InChI is InChI=1S/C16H16N2O2/c1-11-9-13(17)16-14(10-11)18-15(20-16)7-8-19-12-5-3-2-4-6-12/h2-6,9-10H,7-8,17H2,1H3. The average molecular weight is 268 g/mol. The van der Waals surface area contributed by atoms with Crippen molar-refractivity contribution in [3.63, 3.8) is 0 Å². The first-order valence-corrected chi connectivity index (χ1v) is 6.56. The van der Waals surface area contributed by atoms with Crippen molar-refractivity contribution in [3.8, 4) is 5.75 Å². The summed E-state index contributed by atoms with van der Waals surface area (Å²) in [6, 6.07) is 13.5. The quantitative estimate of drug-likeness (QED) is 0.737. The van der Waals surface area contributed by atoms with E-state index in [2.05, 4.69) is 4.98 Å². The molecule has 0 bridgehead atoms. The predicted molar refractivity (Wildman–Crippen MR) is 78.8 cm³/mol. The van der Waals surface area contributed by atoms with Crippen LogP contribution in [0.1, 0.15) is 11.5 Å². The minimum absolute atomic E-state index is 0.524. The van der Waals surface area contributed by atoms with Crippen LogP contribution in [0, 0.1) is 6.92 Å². The number of nitrogens with zero attached hydrogens (tertiary/aromatic N) is 1. The van der Waals surface area contributed by atoms with Gasteiger partial charge in [0.1, 0.15) is 11.3 Å². The van der Waals surface area contributed by atoms with Crippen molar-refractivity contribution in [1.82, 2.24) is 4.98 Å². The van der Waals surface area contributed by atoms with Gasteiger partial charge < -0.3 is 14.9 Å². The number of nitrogen functional groups attached to an aromatic ring is 1. The molecular weight excluding hydrogens is 252 g/mol. The van der Waals surface area contributed by atoms with Crippen LogP contribution in [0.4, 0.5) is 5.69 Å². The maximum Gasteiger partial charge on any atom is 0.199 e. The largest absolute Gasteiger partial charge is 0.493 e. The normalized spacial score (nSPS) is 10.8. The summed E-state index contributed by atoms with van der Waals surface area (Å²) in [5.41, 5.74) is 9.09. The molecule has 3 rings (SSSR count). The number of rotatable bonds is 4. The van der Waals surface area contributed by atoms with Gasteiger partial charge in [0, 0.05) is 0 Å². The molecule has 4 nitrogen and oxygen atoms in total. The van der Waals surface area contributed by atoms with Gasteiger partial charge in [-0.15, -0.1) is 0 Å². The summed E-state index contributed by atoms with van der Waals surface area (Å²) in [6.45, 7) is 2.51. The first-order valence-electron chi connectivity index (χ1n) is 6.56. The first-order chi connectivity index (χ1) is 9.72. The third-order valence-electron chi connectivity index (χ3n) is 3.04. The fourth-order valence-corrected chi connectivity index (χ4v) is 2.13. The Kier molecular flexibility index (Phi) is 3.29. The number of anilines is 1. The molecule has 3 aromatic rings. The van der Waals surface area contributed by atoms with Crippen LogP contribution in [-0.2, 0) is 6.42 Å². The topological polar surface area (TPSA) is 61.3 Å². The smallest absolute Gasteiger partial charge is 0.199 e. The Morgan fingerprint density at radius 2 is 2.00 bits per heavy atom. The summed E-state index contributed by atoms with van der Waals surface area (Å²) >= 11 is 0. The summed E-state index contributed by atoms with van der Waals surface area (Å²) in [5, 5.41) is 0. The number of aromatic nitrogens is 1. The zero-order valence-electron chi connectivity index (χ0n) is 11.3. The predicted octanol–water partition coefficient (Wildman–Crippen LogP) is 3.34. The van der Waals surface area contributed by atoms with E-state index in [1.807, 2.05) is 49.4 Å². The lowest BCUT2D eigenvalue weighted by molar-refractivity contribution is 0.308. The van der Waals surface area contributed by atoms with E-state index in [4.69, 9.17) is 14.9 Å². The Hall–Kier alpha value is -2.49. The molecule has 0 fully saturated rings. The van der Waals surface area contributed by atoms with Crippen LogP contribution in [0.5, 0.6) is 5.75 Å². The zero-order valence-corrected chi connectivity index (χ0v) is 11.3. The number of aryl methyl sites for hydroxylation is 1. The third kappa shape index (κ3) is 2.59. The van der Waals surface area contributed by atoms with Crippen molar-refractivity contribution in [2.45, 2.75) is 13.3 Å². The molecule has 0 saturated heterocycles. The lowest BCUT2D eigenvalue weighted by Crippen LogP contribution is -2.01. The zero-order chi connectivity index (χ0) is 13.9. The Morgan fingerprint density at radius 3 is 2.80 bits per heavy atom. The van der Waals surface area contributed by atoms with Crippen molar-refractivity contribution in [2.75, 3.05) is 12.3 Å². The first kappa shape index (κ1) is 12.5. The highest BCUT2D eigenvalue weighted by molar-refractivity contribution is 5.85. The summed E-state index contributed by atoms with van der Waals surface area (Å²) in [7, 11) is 0. The van der Waals surface area contributed by atoms with Crippen LogP contribution < -0.4 is 10.5 Å². The Labute approximate surface area is 117 Å². The minimum atomic E-state index is 0.524. The molecule has 0 aliphatic rings. The highest BCUT2D eigenvalue weighted by atomic mass is 16.5. The molecule has 0 atom stereocenters. The number of fused-ring (bicyclic) bond motifs is 1. The molecule has 4 heteroatoms. The number of ether oxygens (including phenoxy) is 1. The molecule has 0 radical (unpaired) electrons. The van der Waals surface area contributed by atoms with Gasteiger partial charge in [-0.1, -0.05) is 18.2 Å². The van der Waals surface area contributed by atoms with E-state index in [0.717, 1.165) is 16.8 Å². The Morgan fingerprint density at radius 1 is 1.20 bits per heavy atom. The van der Waals surface area contributed by atoms with Crippen LogP contribution in [0.25, 0.3) is 11.1 Å². The summed E-state index contributed by atoms with van der Waals surface area (Å²) in [6.07, 6.45) is 0.613. The molecule has 2 aromatic carbocycles. The second kappa shape index (κ2) is 5.25. The number of hydrogen-bond acceptors (Lipinski definition) is 4. The highest BCUT2D eigenvalue weighted by Gasteiger charge is 2.09. The SMILES string of the molecule is Cc1cc(N)c2oc(CCOc3ccccc3)nc2c1. The van der Waals surface area contributed by atoms with Gasteiger partial charge in [-0.25, -0.2) is 4.98 Å². The summed E-state index contributed by atoms with van der Waals surface area (Å²) in [5.74, 6) is 1.49. The van der Waals surface area contributed by atoms with Crippen LogP contribution in [-0.4, -0.2) is 11.6 Å². The van der Waals surface area contributed by atoms with E-state index in [0.29, 0.717) is 30.2 Å². The molecule has 0 amide bonds. The molecule has 0 saturated carbocycles. The van der Waals surface area contributed by atoms with Gasteiger partial charge in [0.2, 0.25) is 0 Å². The lowest BCUT2D eigenvalue weighted by Gasteiger charge is -2.03. The van der Waals surface area contributed by atoms with Crippen molar-refractivity contribution < 1.29 is 9.15 Å². The van der Waals surface area contributed by atoms with Gasteiger partial charge in [-0.2, -0.15) is 0 Å². The molecule has 1 aromatic heterocycles. The summed E-state index contributed by atoms with van der Waals surface area (Å²) in [4.78, 5) is 4.44.